The van der Waals surface area contributed by atoms with Gasteiger partial charge in [-0.25, -0.2) is 4.39 Å². The number of nitrogens with zero attached hydrogens (tertiary/aromatic N) is 3. The van der Waals surface area contributed by atoms with Gasteiger partial charge < -0.3 is 9.63 Å². The maximum atomic E-state index is 13.0. The van der Waals surface area contributed by atoms with E-state index in [1.54, 1.807) is 0 Å². The van der Waals surface area contributed by atoms with Crippen LogP contribution in [0.5, 0.6) is 5.75 Å². The zero-order valence-corrected chi connectivity index (χ0v) is 11.7. The lowest BCUT2D eigenvalue weighted by molar-refractivity contribution is 0.257. The van der Waals surface area contributed by atoms with Crippen LogP contribution >= 0.6 is 11.8 Å². The highest BCUT2D eigenvalue weighted by Gasteiger charge is 2.26. The number of aromatic hydroxyl groups is 1. The molecule has 2 aromatic rings. The predicted octanol–water partition coefficient (Wildman–Crippen LogP) is 2.30. The first-order valence-corrected chi connectivity index (χ1v) is 7.41. The van der Waals surface area contributed by atoms with E-state index in [1.165, 1.54) is 12.1 Å². The van der Waals surface area contributed by atoms with Crippen molar-refractivity contribution in [1.29, 1.82) is 0 Å². The van der Waals surface area contributed by atoms with Gasteiger partial charge in [0.05, 0.1) is 11.6 Å². The maximum absolute atomic E-state index is 13.0. The first-order chi connectivity index (χ1) is 9.65. The third kappa shape index (κ3) is 2.51. The predicted molar refractivity (Wildman–Crippen MR) is 74.1 cm³/mol. The fraction of sp³-hybridized carbons (Fsp3) is 0.385. The monoisotopic (exact) mass is 295 g/mol. The second kappa shape index (κ2) is 5.41. The van der Waals surface area contributed by atoms with E-state index < -0.39 is 5.82 Å². The van der Waals surface area contributed by atoms with Crippen molar-refractivity contribution < 1.29 is 14.0 Å². The van der Waals surface area contributed by atoms with Crippen molar-refractivity contribution in [3.8, 4) is 17.2 Å². The number of rotatable bonds is 2. The highest BCUT2D eigenvalue weighted by Crippen LogP contribution is 2.31. The minimum absolute atomic E-state index is 0.105. The molecule has 1 fully saturated rings. The Balaban J connectivity index is 1.89. The Hall–Kier alpha value is -1.60. The van der Waals surface area contributed by atoms with Crippen LogP contribution in [0.4, 0.5) is 4.39 Å². The lowest BCUT2D eigenvalue weighted by Crippen LogP contribution is -2.33. The standard InChI is InChI=1S/C13H14FN3O2S/c1-17-4-5-20-7-10(17)12-15-13(19-16-12)9-3-2-8(14)6-11(9)18/h2-3,6,10,18H,4-5,7H2,1H3. The Kier molecular flexibility index (Phi) is 3.62. The van der Waals surface area contributed by atoms with Crippen LogP contribution in [0.2, 0.25) is 0 Å². The molecule has 0 saturated carbocycles. The Morgan fingerprint density at radius 1 is 1.50 bits per heavy atom. The van der Waals surface area contributed by atoms with Crippen LogP contribution in [0, 0.1) is 5.82 Å². The third-order valence-corrected chi connectivity index (χ3v) is 4.35. The van der Waals surface area contributed by atoms with Crippen molar-refractivity contribution >= 4 is 11.8 Å². The SMILES string of the molecule is CN1CCSCC1c1noc(-c2ccc(F)cc2O)n1. The van der Waals surface area contributed by atoms with Gasteiger partial charge in [-0.2, -0.15) is 16.7 Å². The van der Waals surface area contributed by atoms with E-state index in [0.717, 1.165) is 24.1 Å². The molecule has 1 atom stereocenters. The second-order valence-electron chi connectivity index (χ2n) is 4.69. The molecule has 1 N–H and O–H groups in total. The molecular weight excluding hydrogens is 281 g/mol. The molecule has 20 heavy (non-hydrogen) atoms. The Bertz CT molecular complexity index is 619. The molecule has 0 spiro atoms. The van der Waals surface area contributed by atoms with E-state index in [4.69, 9.17) is 4.52 Å². The van der Waals surface area contributed by atoms with Crippen LogP contribution in [-0.4, -0.2) is 45.2 Å². The zero-order chi connectivity index (χ0) is 14.1. The number of phenols is 1. The summed E-state index contributed by atoms with van der Waals surface area (Å²) in [5, 5.41) is 13.7. The molecule has 1 aromatic heterocycles. The molecule has 1 aliphatic heterocycles. The van der Waals surface area contributed by atoms with Gasteiger partial charge in [0.25, 0.3) is 5.89 Å². The van der Waals surface area contributed by atoms with Crippen molar-refractivity contribution in [3.63, 3.8) is 0 Å². The summed E-state index contributed by atoms with van der Waals surface area (Å²) in [4.78, 5) is 6.51. The zero-order valence-electron chi connectivity index (χ0n) is 10.9. The highest BCUT2D eigenvalue weighted by molar-refractivity contribution is 7.99. The highest BCUT2D eigenvalue weighted by atomic mass is 32.2. The summed E-state index contributed by atoms with van der Waals surface area (Å²) >= 11 is 1.85. The van der Waals surface area contributed by atoms with Crippen LogP contribution in [0.3, 0.4) is 0 Å². The summed E-state index contributed by atoms with van der Waals surface area (Å²) in [7, 11) is 2.02. The Labute approximate surface area is 119 Å². The van der Waals surface area contributed by atoms with Gasteiger partial charge in [0, 0.05) is 24.1 Å². The average molecular weight is 295 g/mol. The summed E-state index contributed by atoms with van der Waals surface area (Å²) in [5.41, 5.74) is 0.344. The van der Waals surface area contributed by atoms with Gasteiger partial charge in [0.2, 0.25) is 0 Å². The lowest BCUT2D eigenvalue weighted by atomic mass is 10.2. The summed E-state index contributed by atoms with van der Waals surface area (Å²) in [6.45, 7) is 0.973. The number of thioether (sulfide) groups is 1. The van der Waals surface area contributed by atoms with Crippen LogP contribution in [0.25, 0.3) is 11.5 Å². The summed E-state index contributed by atoms with van der Waals surface area (Å²) in [5.74, 6) is 2.10. The molecule has 1 unspecified atom stereocenters. The van der Waals surface area contributed by atoms with Gasteiger partial charge in [-0.05, 0) is 19.2 Å². The fourth-order valence-corrected chi connectivity index (χ4v) is 3.33. The van der Waals surface area contributed by atoms with E-state index in [0.29, 0.717) is 11.4 Å². The number of benzene rings is 1. The van der Waals surface area contributed by atoms with Crippen LogP contribution in [0.1, 0.15) is 11.9 Å². The molecule has 5 nitrogen and oxygen atoms in total. The minimum atomic E-state index is -0.505. The molecule has 1 aromatic carbocycles. The maximum Gasteiger partial charge on any atom is 0.261 e. The minimum Gasteiger partial charge on any atom is -0.507 e. The number of aromatic nitrogens is 2. The van der Waals surface area contributed by atoms with E-state index in [9.17, 15) is 9.50 Å². The summed E-state index contributed by atoms with van der Waals surface area (Å²) < 4.78 is 18.2. The van der Waals surface area contributed by atoms with Crippen LogP contribution < -0.4 is 0 Å². The fourth-order valence-electron chi connectivity index (χ4n) is 2.12. The van der Waals surface area contributed by atoms with E-state index in [1.807, 2.05) is 18.8 Å². The number of halogens is 1. The molecule has 7 heteroatoms. The first-order valence-electron chi connectivity index (χ1n) is 6.25. The van der Waals surface area contributed by atoms with Crippen molar-refractivity contribution in [3.05, 3.63) is 29.8 Å². The molecule has 0 radical (unpaired) electrons. The number of hydrogen-bond donors (Lipinski definition) is 1. The number of phenolic OH excluding ortho intramolecular Hbond substituents is 1. The molecule has 0 amide bonds. The molecule has 2 heterocycles. The van der Waals surface area contributed by atoms with Crippen molar-refractivity contribution in [2.75, 3.05) is 25.1 Å². The molecule has 0 aliphatic carbocycles. The molecule has 1 aliphatic rings. The van der Waals surface area contributed by atoms with Gasteiger partial charge in [-0.1, -0.05) is 5.16 Å². The van der Waals surface area contributed by atoms with Gasteiger partial charge >= 0.3 is 0 Å². The summed E-state index contributed by atoms with van der Waals surface area (Å²) in [6.07, 6.45) is 0. The van der Waals surface area contributed by atoms with Crippen LogP contribution in [-0.2, 0) is 0 Å². The Morgan fingerprint density at radius 2 is 2.35 bits per heavy atom. The topological polar surface area (TPSA) is 62.4 Å². The van der Waals surface area contributed by atoms with Gasteiger partial charge in [0.15, 0.2) is 5.82 Å². The second-order valence-corrected chi connectivity index (χ2v) is 5.84. The van der Waals surface area contributed by atoms with Crippen LogP contribution in [0.15, 0.2) is 22.7 Å². The Morgan fingerprint density at radius 3 is 3.10 bits per heavy atom. The normalized spacial score (nSPS) is 20.2. The average Bonchev–Trinajstić information content (AvgIpc) is 2.88. The summed E-state index contributed by atoms with van der Waals surface area (Å²) in [6, 6.07) is 3.82. The lowest BCUT2D eigenvalue weighted by Gasteiger charge is -2.29. The van der Waals surface area contributed by atoms with Crippen molar-refractivity contribution in [2.24, 2.45) is 0 Å². The smallest absolute Gasteiger partial charge is 0.261 e. The molecule has 1 saturated heterocycles. The molecule has 3 rings (SSSR count). The third-order valence-electron chi connectivity index (χ3n) is 3.33. The molecule has 0 bridgehead atoms. The molecular formula is C13H14FN3O2S. The van der Waals surface area contributed by atoms with E-state index in [-0.39, 0.29) is 17.7 Å². The quantitative estimate of drug-likeness (QED) is 0.917. The molecule has 106 valence electrons. The largest absolute Gasteiger partial charge is 0.507 e. The number of hydrogen-bond acceptors (Lipinski definition) is 6. The van der Waals surface area contributed by atoms with E-state index in [2.05, 4.69) is 15.0 Å². The van der Waals surface area contributed by atoms with Gasteiger partial charge in [0.1, 0.15) is 11.6 Å². The van der Waals surface area contributed by atoms with Crippen molar-refractivity contribution in [1.82, 2.24) is 15.0 Å². The van der Waals surface area contributed by atoms with Gasteiger partial charge in [-0.3, -0.25) is 4.90 Å². The van der Waals surface area contributed by atoms with E-state index >= 15 is 0 Å². The first kappa shape index (κ1) is 13.4. The van der Waals surface area contributed by atoms with Crippen molar-refractivity contribution in [2.45, 2.75) is 6.04 Å². The van der Waals surface area contributed by atoms with Gasteiger partial charge in [-0.15, -0.1) is 0 Å².